The topological polar surface area (TPSA) is 93.9 Å². The molecular formula is C14H17N5O2. The second kappa shape index (κ2) is 5.43. The molecule has 1 aromatic carbocycles. The summed E-state index contributed by atoms with van der Waals surface area (Å²) in [6, 6.07) is 10.5. The smallest absolute Gasteiger partial charge is 0.341 e. The number of rotatable bonds is 3. The molecule has 0 unspecified atom stereocenters. The van der Waals surface area contributed by atoms with Crippen LogP contribution < -0.4 is 15.9 Å². The Kier molecular flexibility index (Phi) is 3.47. The van der Waals surface area contributed by atoms with E-state index in [4.69, 9.17) is 0 Å². The Labute approximate surface area is 121 Å². The fraction of sp³-hybridized carbons (Fsp3) is 0.357. The molecule has 2 atom stereocenters. The van der Waals surface area contributed by atoms with Crippen LogP contribution in [0, 0.1) is 0 Å². The molecule has 1 saturated heterocycles. The van der Waals surface area contributed by atoms with Crippen LogP contribution in [0.2, 0.25) is 0 Å². The molecule has 1 aromatic heterocycles. The van der Waals surface area contributed by atoms with Crippen molar-refractivity contribution in [2.75, 3.05) is 11.4 Å². The van der Waals surface area contributed by atoms with E-state index in [9.17, 15) is 9.59 Å². The molecule has 0 saturated carbocycles. The van der Waals surface area contributed by atoms with Crippen LogP contribution in [0.15, 0.2) is 35.1 Å². The van der Waals surface area contributed by atoms with Gasteiger partial charge in [0.05, 0.1) is 0 Å². The number of H-pyrrole nitrogens is 2. The lowest BCUT2D eigenvalue weighted by Gasteiger charge is -2.23. The van der Waals surface area contributed by atoms with Crippen LogP contribution in [-0.2, 0) is 0 Å². The summed E-state index contributed by atoms with van der Waals surface area (Å²) in [6.07, 6.45) is 0.856. The molecule has 110 valence electrons. The lowest BCUT2D eigenvalue weighted by Crippen LogP contribution is -2.37. The molecule has 1 aliphatic rings. The number of amides is 1. The lowest BCUT2D eigenvalue weighted by atomic mass is 10.2. The van der Waals surface area contributed by atoms with Crippen molar-refractivity contribution in [2.45, 2.75) is 25.4 Å². The van der Waals surface area contributed by atoms with E-state index in [-0.39, 0.29) is 17.8 Å². The second-order valence-corrected chi connectivity index (χ2v) is 5.27. The third-order valence-electron chi connectivity index (χ3n) is 3.71. The average molecular weight is 287 g/mol. The number of carbonyl (C=O) groups excluding carboxylic acids is 1. The van der Waals surface area contributed by atoms with Crippen molar-refractivity contribution in [3.8, 4) is 0 Å². The molecule has 21 heavy (non-hydrogen) atoms. The molecule has 2 aromatic rings. The van der Waals surface area contributed by atoms with E-state index in [1.807, 2.05) is 18.2 Å². The van der Waals surface area contributed by atoms with Gasteiger partial charge in [0.15, 0.2) is 0 Å². The van der Waals surface area contributed by atoms with E-state index in [0.29, 0.717) is 6.04 Å². The van der Waals surface area contributed by atoms with Gasteiger partial charge in [-0.05, 0) is 25.5 Å². The fourth-order valence-corrected chi connectivity index (χ4v) is 2.75. The molecule has 0 spiro atoms. The van der Waals surface area contributed by atoms with Gasteiger partial charge in [-0.3, -0.25) is 9.78 Å². The Bertz CT molecular complexity index is 678. The van der Waals surface area contributed by atoms with Crippen molar-refractivity contribution < 1.29 is 4.79 Å². The van der Waals surface area contributed by atoms with Crippen molar-refractivity contribution in [1.82, 2.24) is 20.5 Å². The van der Waals surface area contributed by atoms with Gasteiger partial charge in [-0.1, -0.05) is 18.2 Å². The highest BCUT2D eigenvalue weighted by Crippen LogP contribution is 2.25. The number of aromatic nitrogens is 3. The van der Waals surface area contributed by atoms with Crippen molar-refractivity contribution in [1.29, 1.82) is 0 Å². The lowest BCUT2D eigenvalue weighted by molar-refractivity contribution is 0.0930. The molecule has 0 aliphatic carbocycles. The Morgan fingerprint density at radius 1 is 1.38 bits per heavy atom. The van der Waals surface area contributed by atoms with Crippen molar-refractivity contribution in [3.63, 3.8) is 0 Å². The first-order chi connectivity index (χ1) is 10.1. The van der Waals surface area contributed by atoms with Gasteiger partial charge in [0.1, 0.15) is 0 Å². The number of aromatic amines is 2. The van der Waals surface area contributed by atoms with Crippen LogP contribution in [0.4, 0.5) is 5.69 Å². The number of nitrogens with zero attached hydrogens (tertiary/aromatic N) is 2. The quantitative estimate of drug-likeness (QED) is 0.766. The molecule has 7 heteroatoms. The molecule has 0 radical (unpaired) electrons. The molecule has 1 amide bonds. The van der Waals surface area contributed by atoms with E-state index in [0.717, 1.165) is 18.7 Å². The molecule has 1 aliphatic heterocycles. The maximum absolute atomic E-state index is 12.0. The first kappa shape index (κ1) is 13.4. The third kappa shape index (κ3) is 2.81. The van der Waals surface area contributed by atoms with Gasteiger partial charge >= 0.3 is 5.69 Å². The zero-order valence-electron chi connectivity index (χ0n) is 11.7. The number of para-hydroxylation sites is 1. The van der Waals surface area contributed by atoms with Gasteiger partial charge in [0, 0.05) is 24.3 Å². The van der Waals surface area contributed by atoms with Crippen LogP contribution in [0.1, 0.15) is 24.0 Å². The second-order valence-electron chi connectivity index (χ2n) is 5.27. The summed E-state index contributed by atoms with van der Waals surface area (Å²) >= 11 is 0. The Morgan fingerprint density at radius 3 is 2.81 bits per heavy atom. The highest BCUT2D eigenvalue weighted by Gasteiger charge is 2.30. The number of nitrogens with one attached hydrogen (secondary N) is 3. The Hall–Kier alpha value is -2.57. The molecule has 3 rings (SSSR count). The SMILES string of the molecule is C[C@H]1C[C@@H](NC(=O)c2n[nH]c(=O)[nH]2)CN1c1ccccc1. The van der Waals surface area contributed by atoms with E-state index in [2.05, 4.69) is 44.5 Å². The van der Waals surface area contributed by atoms with Crippen LogP contribution in [-0.4, -0.2) is 39.7 Å². The van der Waals surface area contributed by atoms with Crippen LogP contribution in [0.3, 0.4) is 0 Å². The van der Waals surface area contributed by atoms with Gasteiger partial charge < -0.3 is 10.2 Å². The van der Waals surface area contributed by atoms with E-state index in [1.165, 1.54) is 0 Å². The van der Waals surface area contributed by atoms with Crippen molar-refractivity contribution >= 4 is 11.6 Å². The Morgan fingerprint density at radius 2 is 2.14 bits per heavy atom. The maximum Gasteiger partial charge on any atom is 0.341 e. The monoisotopic (exact) mass is 287 g/mol. The highest BCUT2D eigenvalue weighted by molar-refractivity contribution is 5.90. The van der Waals surface area contributed by atoms with E-state index in [1.54, 1.807) is 0 Å². The van der Waals surface area contributed by atoms with Crippen LogP contribution in [0.25, 0.3) is 0 Å². The summed E-state index contributed by atoms with van der Waals surface area (Å²) in [5.41, 5.74) is 0.667. The zero-order chi connectivity index (χ0) is 14.8. The molecule has 3 N–H and O–H groups in total. The van der Waals surface area contributed by atoms with Crippen molar-refractivity contribution in [3.05, 3.63) is 46.6 Å². The normalized spacial score (nSPS) is 21.5. The third-order valence-corrected chi connectivity index (χ3v) is 3.71. The minimum absolute atomic E-state index is 0.0193. The van der Waals surface area contributed by atoms with Gasteiger partial charge in [-0.15, -0.1) is 5.10 Å². The standard InChI is InChI=1S/C14H17N5O2/c1-9-7-10(8-19(9)11-5-3-2-4-6-11)15-13(20)12-16-14(21)18-17-12/h2-6,9-10H,7-8H2,1H3,(H,15,20)(H2,16,17,18,21)/t9-,10+/m0/s1. The minimum atomic E-state index is -0.481. The highest BCUT2D eigenvalue weighted by atomic mass is 16.2. The van der Waals surface area contributed by atoms with Gasteiger partial charge in [-0.2, -0.15) is 0 Å². The summed E-state index contributed by atoms with van der Waals surface area (Å²) in [6.45, 7) is 2.88. The largest absolute Gasteiger partial charge is 0.367 e. The molecular weight excluding hydrogens is 270 g/mol. The summed E-state index contributed by atoms with van der Waals surface area (Å²) in [5, 5.41) is 8.73. The van der Waals surface area contributed by atoms with Crippen molar-refractivity contribution in [2.24, 2.45) is 0 Å². The van der Waals surface area contributed by atoms with Crippen LogP contribution >= 0.6 is 0 Å². The first-order valence-electron chi connectivity index (χ1n) is 6.90. The van der Waals surface area contributed by atoms with E-state index >= 15 is 0 Å². The molecule has 7 nitrogen and oxygen atoms in total. The molecule has 2 heterocycles. The summed E-state index contributed by atoms with van der Waals surface area (Å²) in [7, 11) is 0. The van der Waals surface area contributed by atoms with Crippen LogP contribution in [0.5, 0.6) is 0 Å². The Balaban J connectivity index is 1.66. The number of hydrogen-bond acceptors (Lipinski definition) is 4. The number of carbonyl (C=O) groups is 1. The summed E-state index contributed by atoms with van der Waals surface area (Å²) in [4.78, 5) is 27.6. The zero-order valence-corrected chi connectivity index (χ0v) is 11.7. The average Bonchev–Trinajstić information content (AvgIpc) is 3.06. The van der Waals surface area contributed by atoms with Gasteiger partial charge in [0.2, 0.25) is 5.82 Å². The number of anilines is 1. The van der Waals surface area contributed by atoms with Gasteiger partial charge in [0.25, 0.3) is 5.91 Å². The molecule has 0 bridgehead atoms. The van der Waals surface area contributed by atoms with Gasteiger partial charge in [-0.25, -0.2) is 9.89 Å². The number of hydrogen-bond donors (Lipinski definition) is 3. The minimum Gasteiger partial charge on any atom is -0.367 e. The molecule has 1 fully saturated rings. The fourth-order valence-electron chi connectivity index (χ4n) is 2.75. The summed E-state index contributed by atoms with van der Waals surface area (Å²) < 4.78 is 0. The van der Waals surface area contributed by atoms with E-state index < -0.39 is 5.69 Å². The number of benzene rings is 1. The first-order valence-corrected chi connectivity index (χ1v) is 6.90. The maximum atomic E-state index is 12.0. The predicted octanol–water partition coefficient (Wildman–Crippen LogP) is 0.495. The predicted molar refractivity (Wildman–Crippen MR) is 78.3 cm³/mol. The summed E-state index contributed by atoms with van der Waals surface area (Å²) in [5.74, 6) is -0.341.